The molecule has 0 spiro atoms. The highest BCUT2D eigenvalue weighted by molar-refractivity contribution is 9.11. The van der Waals surface area contributed by atoms with Gasteiger partial charge >= 0.3 is 5.97 Å². The molecule has 0 radical (unpaired) electrons. The summed E-state index contributed by atoms with van der Waals surface area (Å²) in [6.07, 6.45) is 2.87. The molecule has 17 heavy (non-hydrogen) atoms. The number of aldehydes is 1. The van der Waals surface area contributed by atoms with Crippen LogP contribution in [0.2, 0.25) is 0 Å². The number of carbonyl (C=O) groups excluding carboxylic acids is 2. The highest BCUT2D eigenvalue weighted by Gasteiger charge is 2.28. The second kappa shape index (κ2) is 4.96. The molecular formula is C11H11BrO3S2. The number of fused-ring (bicyclic) bond motifs is 1. The number of carbonyl (C=O) groups is 2. The van der Waals surface area contributed by atoms with Crippen LogP contribution in [0, 0.1) is 0 Å². The predicted octanol–water partition coefficient (Wildman–Crippen LogP) is 3.58. The van der Waals surface area contributed by atoms with Gasteiger partial charge in [0.05, 0.1) is 8.66 Å². The average molecular weight is 335 g/mol. The Morgan fingerprint density at radius 3 is 2.94 bits per heavy atom. The summed E-state index contributed by atoms with van der Waals surface area (Å²) in [6.45, 7) is 3.27. The number of hydrogen-bond acceptors (Lipinski definition) is 4. The molecule has 0 saturated carbocycles. The molecule has 2 unspecified atom stereocenters. The lowest BCUT2D eigenvalue weighted by Crippen LogP contribution is -2.11. The summed E-state index contributed by atoms with van der Waals surface area (Å²) in [5.74, 6) is -0.288. The quantitative estimate of drug-likeness (QED) is 0.522. The first-order chi connectivity index (χ1) is 8.04. The molecule has 0 saturated heterocycles. The van der Waals surface area contributed by atoms with Crippen LogP contribution in [0.15, 0.2) is 14.1 Å². The smallest absolute Gasteiger partial charge is 0.303 e. The topological polar surface area (TPSA) is 43.4 Å². The van der Waals surface area contributed by atoms with Crippen molar-refractivity contribution in [2.24, 2.45) is 0 Å². The normalized spacial score (nSPS) is 21.0. The fraction of sp³-hybridized carbons (Fsp3) is 0.273. The van der Waals surface area contributed by atoms with Crippen molar-refractivity contribution < 1.29 is 14.3 Å². The first-order valence-electron chi connectivity index (χ1n) is 4.95. The summed E-state index contributed by atoms with van der Waals surface area (Å²) in [4.78, 5) is 23.8. The molecule has 0 N–H and O–H groups in total. The van der Waals surface area contributed by atoms with Crippen molar-refractivity contribution in [3.05, 3.63) is 19.6 Å². The van der Waals surface area contributed by atoms with Crippen molar-refractivity contribution in [2.45, 2.75) is 24.2 Å². The Morgan fingerprint density at radius 1 is 1.65 bits per heavy atom. The third kappa shape index (κ3) is 2.34. The van der Waals surface area contributed by atoms with E-state index >= 15 is 0 Å². The Labute approximate surface area is 114 Å². The van der Waals surface area contributed by atoms with Crippen LogP contribution in [0.1, 0.15) is 29.1 Å². The van der Waals surface area contributed by atoms with E-state index in [4.69, 9.17) is 4.74 Å². The van der Waals surface area contributed by atoms with Gasteiger partial charge in [0.2, 0.25) is 0 Å². The van der Waals surface area contributed by atoms with E-state index in [0.717, 1.165) is 25.4 Å². The van der Waals surface area contributed by atoms with Gasteiger partial charge < -0.3 is 4.74 Å². The van der Waals surface area contributed by atoms with Crippen LogP contribution in [0.5, 0.6) is 0 Å². The number of hydrogen-bond donors (Lipinski definition) is 1. The molecule has 6 heteroatoms. The fourth-order valence-corrected chi connectivity index (χ4v) is 6.11. The summed E-state index contributed by atoms with van der Waals surface area (Å²) in [5, 5.41) is 2.04. The van der Waals surface area contributed by atoms with Crippen LogP contribution < -0.4 is 0 Å². The zero-order chi connectivity index (χ0) is 12.6. The van der Waals surface area contributed by atoms with Crippen LogP contribution in [-0.4, -0.2) is 17.7 Å². The molecule has 1 aromatic heterocycles. The van der Waals surface area contributed by atoms with Gasteiger partial charge in [0, 0.05) is 17.4 Å². The molecule has 2 heterocycles. The van der Waals surface area contributed by atoms with Crippen LogP contribution >= 0.6 is 38.2 Å². The number of halogens is 1. The molecular weight excluding hydrogens is 324 g/mol. The summed E-state index contributed by atoms with van der Waals surface area (Å²) in [7, 11) is -0.735. The first-order valence-corrected chi connectivity index (χ1v) is 8.04. The van der Waals surface area contributed by atoms with Gasteiger partial charge in [-0.2, -0.15) is 10.9 Å². The lowest BCUT2D eigenvalue weighted by Gasteiger charge is -2.22. The molecule has 2 atom stereocenters. The minimum absolute atomic E-state index is 0.194. The maximum absolute atomic E-state index is 11.0. The molecule has 1 aromatic rings. The van der Waals surface area contributed by atoms with Gasteiger partial charge in [-0.25, -0.2) is 0 Å². The van der Waals surface area contributed by atoms with Crippen LogP contribution in [0.3, 0.4) is 0 Å². The molecule has 3 nitrogen and oxygen atoms in total. The van der Waals surface area contributed by atoms with Crippen LogP contribution in [0.25, 0.3) is 6.08 Å². The van der Waals surface area contributed by atoms with Crippen molar-refractivity contribution in [2.75, 3.05) is 0 Å². The van der Waals surface area contributed by atoms with Crippen molar-refractivity contribution in [1.29, 1.82) is 0 Å². The molecule has 0 aliphatic carbocycles. The van der Waals surface area contributed by atoms with E-state index in [1.807, 2.05) is 18.4 Å². The van der Waals surface area contributed by atoms with Crippen molar-refractivity contribution >= 4 is 56.5 Å². The second-order valence-electron chi connectivity index (χ2n) is 3.55. The van der Waals surface area contributed by atoms with E-state index in [1.54, 1.807) is 0 Å². The minimum atomic E-state index is -0.735. The van der Waals surface area contributed by atoms with Crippen molar-refractivity contribution in [1.82, 2.24) is 0 Å². The van der Waals surface area contributed by atoms with Crippen molar-refractivity contribution in [3.63, 3.8) is 0 Å². The van der Waals surface area contributed by atoms with E-state index in [1.165, 1.54) is 18.3 Å². The van der Waals surface area contributed by atoms with Gasteiger partial charge in [0.1, 0.15) is 5.44 Å². The molecule has 0 aromatic carbocycles. The van der Waals surface area contributed by atoms with Gasteiger partial charge in [-0.1, -0.05) is 0 Å². The highest BCUT2D eigenvalue weighted by atomic mass is 79.9. The Bertz CT molecular complexity index is 507. The van der Waals surface area contributed by atoms with E-state index in [9.17, 15) is 9.59 Å². The average Bonchev–Trinajstić information content (AvgIpc) is 2.79. The number of esters is 1. The molecule has 0 bridgehead atoms. The van der Waals surface area contributed by atoms with Crippen molar-refractivity contribution in [3.8, 4) is 0 Å². The number of thiophene rings is 1. The molecule has 2 rings (SSSR count). The van der Waals surface area contributed by atoms with E-state index in [2.05, 4.69) is 15.9 Å². The number of ether oxygens (including phenoxy) is 1. The minimum Gasteiger partial charge on any atom is -0.453 e. The summed E-state index contributed by atoms with van der Waals surface area (Å²) in [5.41, 5.74) is 0.863. The van der Waals surface area contributed by atoms with Crippen LogP contribution in [0.4, 0.5) is 0 Å². The lowest BCUT2D eigenvalue weighted by atomic mass is 10.3. The Kier molecular flexibility index (Phi) is 3.75. The maximum Gasteiger partial charge on any atom is 0.303 e. The van der Waals surface area contributed by atoms with E-state index < -0.39 is 10.9 Å². The van der Waals surface area contributed by atoms with Gasteiger partial charge in [-0.3, -0.25) is 9.59 Å². The first kappa shape index (κ1) is 12.9. The SMILES string of the molecule is CC(=O)OC(C)[SH]1C=Cc2c(Br)sc(C=O)c21. The van der Waals surface area contributed by atoms with E-state index in [0.29, 0.717) is 0 Å². The standard InChI is InChI=1S/C11H11BrO3S2/c1-6(14)15-7(2)17-4-3-8-10(17)9(5-13)16-11(8)12/h3-5,7,17H,1-2H3. The third-order valence-corrected chi connectivity index (χ3v) is 6.74. The zero-order valence-corrected chi connectivity index (χ0v) is 12.6. The largest absolute Gasteiger partial charge is 0.453 e. The van der Waals surface area contributed by atoms with E-state index in [-0.39, 0.29) is 11.4 Å². The van der Waals surface area contributed by atoms with Gasteiger partial charge in [0.25, 0.3) is 0 Å². The Morgan fingerprint density at radius 2 is 2.35 bits per heavy atom. The number of rotatable bonds is 3. The maximum atomic E-state index is 11.0. The Balaban J connectivity index is 2.35. The third-order valence-electron chi connectivity index (χ3n) is 2.40. The molecule has 1 aliphatic heterocycles. The summed E-state index contributed by atoms with van der Waals surface area (Å²) in [6, 6.07) is 0. The van der Waals surface area contributed by atoms with Gasteiger partial charge in [-0.05, 0) is 34.3 Å². The summed E-state index contributed by atoms with van der Waals surface area (Å²) < 4.78 is 6.18. The number of thiol groups is 1. The lowest BCUT2D eigenvalue weighted by molar-refractivity contribution is -0.141. The van der Waals surface area contributed by atoms with Crippen LogP contribution in [-0.2, 0) is 9.53 Å². The molecule has 92 valence electrons. The van der Waals surface area contributed by atoms with Gasteiger partial charge in [0.15, 0.2) is 6.29 Å². The van der Waals surface area contributed by atoms with Gasteiger partial charge in [-0.15, -0.1) is 11.3 Å². The summed E-state index contributed by atoms with van der Waals surface area (Å²) >= 11 is 4.88. The molecule has 0 amide bonds. The Hall–Kier alpha value is -0.590. The second-order valence-corrected chi connectivity index (χ2v) is 8.21. The highest BCUT2D eigenvalue weighted by Crippen LogP contribution is 2.55. The fourth-order valence-electron chi connectivity index (χ4n) is 1.75. The predicted molar refractivity (Wildman–Crippen MR) is 74.9 cm³/mol. The molecule has 0 fully saturated rings. The molecule has 1 aliphatic rings. The zero-order valence-electron chi connectivity index (χ0n) is 9.27. The monoisotopic (exact) mass is 334 g/mol.